The lowest BCUT2D eigenvalue weighted by Gasteiger charge is -1.69. The predicted octanol–water partition coefficient (Wildman–Crippen LogP) is -0.993. The van der Waals surface area contributed by atoms with E-state index in [-0.39, 0.29) is 6.61 Å². The highest BCUT2D eigenvalue weighted by molar-refractivity contribution is 7.85. The van der Waals surface area contributed by atoms with Gasteiger partial charge in [-0.2, -0.15) is 16.8 Å². The first-order valence-electron chi connectivity index (χ1n) is 2.87. The standard InChI is InChI=1S/C2H6O.2CH4O3S/c1-2-3;2*1-5(2,3)4/h3H,2H2,1H3;2*1H3,(H,2,3,4). The lowest BCUT2D eigenvalue weighted by Crippen LogP contribution is -1.88. The van der Waals surface area contributed by atoms with Gasteiger partial charge in [0, 0.05) is 6.61 Å². The SMILES string of the molecule is CCO.CS(=O)(=O)O.CS(=O)(=O)O. The number of aliphatic hydroxyl groups excluding tert-OH is 1. The molecule has 0 aliphatic heterocycles. The molecule has 0 radical (unpaired) electrons. The largest absolute Gasteiger partial charge is 0.397 e. The minimum Gasteiger partial charge on any atom is -0.397 e. The number of rotatable bonds is 0. The highest BCUT2D eigenvalue weighted by Crippen LogP contribution is 1.60. The Hall–Kier alpha value is -0.220. The van der Waals surface area contributed by atoms with Gasteiger partial charge in [-0.05, 0) is 6.92 Å². The van der Waals surface area contributed by atoms with Gasteiger partial charge in [-0.25, -0.2) is 0 Å². The molecule has 7 nitrogen and oxygen atoms in total. The molecule has 9 heteroatoms. The molecule has 0 heterocycles. The van der Waals surface area contributed by atoms with Crippen LogP contribution in [0.2, 0.25) is 0 Å². The van der Waals surface area contributed by atoms with Crippen LogP contribution in [0.15, 0.2) is 0 Å². The molecular weight excluding hydrogens is 224 g/mol. The first-order valence-corrected chi connectivity index (χ1v) is 6.57. The van der Waals surface area contributed by atoms with E-state index in [1.54, 1.807) is 6.92 Å². The molecule has 0 aromatic rings. The summed E-state index contributed by atoms with van der Waals surface area (Å²) in [6, 6.07) is 0. The fraction of sp³-hybridized carbons (Fsp3) is 1.00. The highest BCUT2D eigenvalue weighted by Gasteiger charge is 1.81. The van der Waals surface area contributed by atoms with E-state index in [0.29, 0.717) is 12.5 Å². The molecular formula is C4H14O7S2. The van der Waals surface area contributed by atoms with Crippen LogP contribution in [0, 0.1) is 0 Å². The van der Waals surface area contributed by atoms with E-state index in [9.17, 15) is 16.8 Å². The van der Waals surface area contributed by atoms with Crippen molar-refractivity contribution in [1.29, 1.82) is 0 Å². The van der Waals surface area contributed by atoms with Crippen molar-refractivity contribution < 1.29 is 31.0 Å². The summed E-state index contributed by atoms with van der Waals surface area (Å²) in [4.78, 5) is 0. The fourth-order valence-electron chi connectivity index (χ4n) is 0. The third kappa shape index (κ3) is 23300. The Kier molecular flexibility index (Phi) is 12.0. The van der Waals surface area contributed by atoms with Crippen LogP contribution in [0.5, 0.6) is 0 Å². The molecule has 0 aromatic heterocycles. The molecule has 0 rings (SSSR count). The van der Waals surface area contributed by atoms with Crippen molar-refractivity contribution in [3.63, 3.8) is 0 Å². The molecule has 0 fully saturated rings. The highest BCUT2D eigenvalue weighted by atomic mass is 32.2. The molecule has 84 valence electrons. The first kappa shape index (κ1) is 18.5. The van der Waals surface area contributed by atoms with Crippen LogP contribution >= 0.6 is 0 Å². The van der Waals surface area contributed by atoms with Crippen molar-refractivity contribution in [3.8, 4) is 0 Å². The second-order valence-electron chi connectivity index (χ2n) is 1.78. The van der Waals surface area contributed by atoms with Crippen LogP contribution in [0.1, 0.15) is 6.92 Å². The minimum atomic E-state index is -3.67. The summed E-state index contributed by atoms with van der Waals surface area (Å²) in [5.74, 6) is 0. The third-order valence-electron chi connectivity index (χ3n) is 0. The Balaban J connectivity index is -0.000000120. The Bertz CT molecular complexity index is 228. The van der Waals surface area contributed by atoms with Gasteiger partial charge in [0.05, 0.1) is 12.5 Å². The molecule has 0 aromatic carbocycles. The summed E-state index contributed by atoms with van der Waals surface area (Å²) in [6.45, 7) is 1.93. The molecule has 0 atom stereocenters. The van der Waals surface area contributed by atoms with Gasteiger partial charge in [0.2, 0.25) is 0 Å². The monoisotopic (exact) mass is 238 g/mol. The molecule has 0 spiro atoms. The van der Waals surface area contributed by atoms with E-state index in [2.05, 4.69) is 0 Å². The van der Waals surface area contributed by atoms with Crippen LogP contribution in [-0.2, 0) is 20.2 Å². The summed E-state index contributed by atoms with van der Waals surface area (Å²) in [5, 5.41) is 7.57. The maximum Gasteiger partial charge on any atom is 0.261 e. The average molecular weight is 238 g/mol. The van der Waals surface area contributed by atoms with Gasteiger partial charge in [-0.3, -0.25) is 9.11 Å². The molecule has 0 aliphatic carbocycles. The van der Waals surface area contributed by atoms with Crippen molar-refractivity contribution in [2.75, 3.05) is 19.1 Å². The van der Waals surface area contributed by atoms with E-state index in [1.807, 2.05) is 0 Å². The molecule has 0 saturated carbocycles. The van der Waals surface area contributed by atoms with Gasteiger partial charge >= 0.3 is 0 Å². The maximum absolute atomic E-state index is 9.19. The van der Waals surface area contributed by atoms with Gasteiger partial charge < -0.3 is 5.11 Å². The lowest BCUT2D eigenvalue weighted by atomic mass is 10.9. The smallest absolute Gasteiger partial charge is 0.261 e. The van der Waals surface area contributed by atoms with Crippen molar-refractivity contribution in [1.82, 2.24) is 0 Å². The molecule has 13 heavy (non-hydrogen) atoms. The zero-order chi connectivity index (χ0) is 11.7. The average Bonchev–Trinajstić information content (AvgIpc) is 1.52. The molecule has 0 aliphatic rings. The number of aliphatic hydroxyl groups is 1. The zero-order valence-corrected chi connectivity index (χ0v) is 9.13. The Morgan fingerprint density at radius 2 is 0.923 bits per heavy atom. The summed E-state index contributed by atoms with van der Waals surface area (Å²) < 4.78 is 51.7. The third-order valence-corrected chi connectivity index (χ3v) is 0. The normalized spacial score (nSPS) is 10.3. The van der Waals surface area contributed by atoms with E-state index < -0.39 is 20.2 Å². The van der Waals surface area contributed by atoms with Gasteiger partial charge in [-0.15, -0.1) is 0 Å². The summed E-state index contributed by atoms with van der Waals surface area (Å²) in [5.41, 5.74) is 0. The summed E-state index contributed by atoms with van der Waals surface area (Å²) in [6.07, 6.45) is 1.43. The molecule has 0 unspecified atom stereocenters. The molecule has 0 bridgehead atoms. The quantitative estimate of drug-likeness (QED) is 0.462. The van der Waals surface area contributed by atoms with Gasteiger partial charge in [0.15, 0.2) is 0 Å². The van der Waals surface area contributed by atoms with Crippen molar-refractivity contribution in [3.05, 3.63) is 0 Å². The minimum absolute atomic E-state index is 0.250. The summed E-state index contributed by atoms with van der Waals surface area (Å²) in [7, 11) is -7.33. The van der Waals surface area contributed by atoms with Gasteiger partial charge in [-0.1, -0.05) is 0 Å². The van der Waals surface area contributed by atoms with Crippen LogP contribution in [-0.4, -0.2) is 50.2 Å². The van der Waals surface area contributed by atoms with E-state index in [0.717, 1.165) is 0 Å². The van der Waals surface area contributed by atoms with Gasteiger partial charge in [0.1, 0.15) is 0 Å². The Labute approximate surface area is 77.9 Å². The van der Waals surface area contributed by atoms with Crippen molar-refractivity contribution >= 4 is 20.2 Å². The van der Waals surface area contributed by atoms with Crippen LogP contribution in [0.4, 0.5) is 0 Å². The topological polar surface area (TPSA) is 129 Å². The van der Waals surface area contributed by atoms with E-state index in [4.69, 9.17) is 14.2 Å². The Morgan fingerprint density at radius 3 is 0.923 bits per heavy atom. The van der Waals surface area contributed by atoms with Crippen molar-refractivity contribution in [2.24, 2.45) is 0 Å². The van der Waals surface area contributed by atoms with Crippen molar-refractivity contribution in [2.45, 2.75) is 6.92 Å². The van der Waals surface area contributed by atoms with Crippen LogP contribution in [0.3, 0.4) is 0 Å². The second-order valence-corrected chi connectivity index (χ2v) is 4.71. The Morgan fingerprint density at radius 1 is 0.923 bits per heavy atom. The van der Waals surface area contributed by atoms with E-state index in [1.165, 1.54) is 0 Å². The zero-order valence-electron chi connectivity index (χ0n) is 7.50. The molecule has 0 saturated heterocycles. The first-order chi connectivity index (χ1) is 5.41. The van der Waals surface area contributed by atoms with E-state index >= 15 is 0 Å². The predicted molar refractivity (Wildman–Crippen MR) is 47.7 cm³/mol. The molecule has 0 amide bonds. The number of hydrogen-bond acceptors (Lipinski definition) is 5. The maximum atomic E-state index is 9.19. The fourth-order valence-corrected chi connectivity index (χ4v) is 0. The van der Waals surface area contributed by atoms with Crippen LogP contribution in [0.25, 0.3) is 0 Å². The van der Waals surface area contributed by atoms with Crippen LogP contribution < -0.4 is 0 Å². The summed E-state index contributed by atoms with van der Waals surface area (Å²) >= 11 is 0. The molecule has 3 N–H and O–H groups in total. The second kappa shape index (κ2) is 8.38. The van der Waals surface area contributed by atoms with Gasteiger partial charge in [0.25, 0.3) is 20.2 Å². The lowest BCUT2D eigenvalue weighted by molar-refractivity contribution is 0.318. The number of hydrogen-bond donors (Lipinski definition) is 3.